The molecule has 3 atom stereocenters. The number of aromatic amines is 1. The quantitative estimate of drug-likeness (QED) is 0.463. The third-order valence-corrected chi connectivity index (χ3v) is 8.38. The van der Waals surface area contributed by atoms with E-state index in [-0.39, 0.29) is 4.87 Å². The molecule has 3 aromatic rings. The van der Waals surface area contributed by atoms with E-state index in [9.17, 15) is 27.6 Å². The largest absolute Gasteiger partial charge is 0.418 e. The number of para-hydroxylation sites is 1. The van der Waals surface area contributed by atoms with Gasteiger partial charge in [0.2, 0.25) is 11.8 Å². The minimum atomic E-state index is -4.73. The van der Waals surface area contributed by atoms with Gasteiger partial charge in [0, 0.05) is 15.3 Å². The number of H-pyrrole nitrogens is 1. The van der Waals surface area contributed by atoms with Crippen molar-refractivity contribution >= 4 is 56.5 Å². The van der Waals surface area contributed by atoms with E-state index in [0.717, 1.165) is 39.7 Å². The number of fused-ring (bicyclic) bond motifs is 2. The number of nitrogens with one attached hydrogen (secondary N) is 1. The molecule has 2 aliphatic heterocycles. The van der Waals surface area contributed by atoms with Gasteiger partial charge >= 0.3 is 11.0 Å². The number of hydrogen-bond donors (Lipinski definition) is 1. The molecule has 2 amide bonds. The molecule has 0 saturated carbocycles. The average Bonchev–Trinajstić information content (AvgIpc) is 3.22. The van der Waals surface area contributed by atoms with Crippen LogP contribution in [0.15, 0.2) is 62.8 Å². The van der Waals surface area contributed by atoms with Crippen molar-refractivity contribution in [3.8, 4) is 0 Å². The van der Waals surface area contributed by atoms with Gasteiger partial charge in [-0.3, -0.25) is 14.4 Å². The number of nitrogens with zero attached hydrogens (tertiary/aromatic N) is 1. The number of thiazole rings is 1. The van der Waals surface area contributed by atoms with Crippen molar-refractivity contribution in [3.05, 3.63) is 78.7 Å². The first-order valence-electron chi connectivity index (χ1n) is 9.36. The number of thioether (sulfide) groups is 1. The number of carbonyl (C=O) groups is 2. The molecule has 5 rings (SSSR count). The topological polar surface area (TPSA) is 70.2 Å². The van der Waals surface area contributed by atoms with Crippen LogP contribution in [-0.2, 0) is 15.8 Å². The normalized spacial score (nSPS) is 22.8. The molecular weight excluding hydrogens is 529 g/mol. The van der Waals surface area contributed by atoms with Crippen molar-refractivity contribution in [3.63, 3.8) is 0 Å². The molecule has 3 heterocycles. The highest BCUT2D eigenvalue weighted by Gasteiger charge is 2.57. The number of amides is 2. The van der Waals surface area contributed by atoms with E-state index in [1.165, 1.54) is 12.1 Å². The summed E-state index contributed by atoms with van der Waals surface area (Å²) in [4.78, 5) is 42.6. The zero-order valence-electron chi connectivity index (χ0n) is 15.9. The minimum Gasteiger partial charge on any atom is -0.307 e. The van der Waals surface area contributed by atoms with Crippen LogP contribution in [0.25, 0.3) is 0 Å². The third-order valence-electron chi connectivity index (χ3n) is 5.48. The third kappa shape index (κ3) is 3.34. The lowest BCUT2D eigenvalue weighted by Gasteiger charge is -2.29. The molecule has 164 valence electrons. The summed E-state index contributed by atoms with van der Waals surface area (Å²) in [5.41, 5.74) is -0.833. The van der Waals surface area contributed by atoms with Gasteiger partial charge in [0.25, 0.3) is 0 Å². The van der Waals surface area contributed by atoms with Crippen LogP contribution in [0.3, 0.4) is 0 Å². The Morgan fingerprint density at radius 2 is 1.75 bits per heavy atom. The summed E-state index contributed by atoms with van der Waals surface area (Å²) in [6, 6.07) is 11.7. The van der Waals surface area contributed by atoms with Crippen LogP contribution in [0.5, 0.6) is 0 Å². The van der Waals surface area contributed by atoms with Crippen LogP contribution < -0.4 is 9.77 Å². The van der Waals surface area contributed by atoms with Gasteiger partial charge in [-0.2, -0.15) is 13.2 Å². The van der Waals surface area contributed by atoms with Crippen molar-refractivity contribution in [1.29, 1.82) is 0 Å². The summed E-state index contributed by atoms with van der Waals surface area (Å²) in [5.74, 6) is -3.01. The molecule has 2 unspecified atom stereocenters. The Morgan fingerprint density at radius 1 is 1.00 bits per heavy atom. The Morgan fingerprint density at radius 3 is 2.47 bits per heavy atom. The minimum absolute atomic E-state index is 0.318. The van der Waals surface area contributed by atoms with Crippen molar-refractivity contribution in [1.82, 2.24) is 4.98 Å². The number of alkyl halides is 3. The maximum atomic E-state index is 13.6. The molecule has 1 saturated heterocycles. The molecule has 1 fully saturated rings. The summed E-state index contributed by atoms with van der Waals surface area (Å²) < 4.78 is 41.6. The maximum absolute atomic E-state index is 13.6. The van der Waals surface area contributed by atoms with Gasteiger partial charge in [0.05, 0.1) is 22.2 Å². The SMILES string of the molecule is O=C1C2Sc3[nH]c(=O)sc3[C@H](c3cccc(Br)c3)C2C(=O)N1c1ccccc1C(F)(F)F. The first-order valence-corrected chi connectivity index (χ1v) is 11.8. The lowest BCUT2D eigenvalue weighted by molar-refractivity contribution is -0.137. The van der Waals surface area contributed by atoms with Crippen LogP contribution in [0.1, 0.15) is 21.9 Å². The highest BCUT2D eigenvalue weighted by molar-refractivity contribution is 9.10. The number of imide groups is 1. The molecule has 0 bridgehead atoms. The second-order valence-corrected chi connectivity index (χ2v) is 10.4. The Kier molecular flexibility index (Phi) is 5.10. The van der Waals surface area contributed by atoms with Gasteiger partial charge in [-0.1, -0.05) is 63.3 Å². The van der Waals surface area contributed by atoms with Crippen molar-refractivity contribution in [2.75, 3.05) is 4.90 Å². The molecule has 0 spiro atoms. The molecule has 0 aliphatic carbocycles. The maximum Gasteiger partial charge on any atom is 0.418 e. The second-order valence-electron chi connectivity index (χ2n) is 7.33. The molecule has 2 aromatic carbocycles. The first kappa shape index (κ1) is 21.5. The number of rotatable bonds is 2. The van der Waals surface area contributed by atoms with E-state index >= 15 is 0 Å². The lowest BCUT2D eigenvalue weighted by atomic mass is 9.83. The van der Waals surface area contributed by atoms with Crippen molar-refractivity contribution in [2.24, 2.45) is 5.92 Å². The van der Waals surface area contributed by atoms with Crippen molar-refractivity contribution in [2.45, 2.75) is 22.4 Å². The zero-order chi connectivity index (χ0) is 22.8. The summed E-state index contributed by atoms with van der Waals surface area (Å²) in [5, 5.41) is -0.483. The number of aromatic nitrogens is 1. The molecule has 2 aliphatic rings. The Balaban J connectivity index is 1.67. The van der Waals surface area contributed by atoms with Crippen molar-refractivity contribution < 1.29 is 22.8 Å². The van der Waals surface area contributed by atoms with E-state index in [1.54, 1.807) is 24.3 Å². The molecule has 0 radical (unpaired) electrons. The van der Waals surface area contributed by atoms with Crippen LogP contribution in [0.2, 0.25) is 0 Å². The van der Waals surface area contributed by atoms with Gasteiger partial charge in [0.15, 0.2) is 0 Å². The van der Waals surface area contributed by atoms with Crippen LogP contribution in [0.4, 0.5) is 18.9 Å². The predicted octanol–water partition coefficient (Wildman–Crippen LogP) is 5.01. The van der Waals surface area contributed by atoms with E-state index in [4.69, 9.17) is 0 Å². The first-order chi connectivity index (χ1) is 15.2. The van der Waals surface area contributed by atoms with Crippen LogP contribution >= 0.6 is 39.0 Å². The number of anilines is 1. The van der Waals surface area contributed by atoms with Gasteiger partial charge < -0.3 is 4.98 Å². The highest BCUT2D eigenvalue weighted by Crippen LogP contribution is 2.54. The van der Waals surface area contributed by atoms with E-state index in [1.807, 2.05) is 0 Å². The second kappa shape index (κ2) is 7.60. The molecular formula is C21H12BrF3N2O3S2. The fourth-order valence-corrected chi connectivity index (χ4v) is 7.15. The van der Waals surface area contributed by atoms with E-state index in [2.05, 4.69) is 20.9 Å². The molecule has 5 nitrogen and oxygen atoms in total. The smallest absolute Gasteiger partial charge is 0.307 e. The van der Waals surface area contributed by atoms with Gasteiger partial charge in [-0.15, -0.1) is 0 Å². The monoisotopic (exact) mass is 540 g/mol. The molecule has 11 heteroatoms. The van der Waals surface area contributed by atoms with Crippen LogP contribution in [-0.4, -0.2) is 22.0 Å². The summed E-state index contributed by atoms with van der Waals surface area (Å²) in [6.07, 6.45) is -4.73. The van der Waals surface area contributed by atoms with Gasteiger partial charge in [-0.05, 0) is 29.8 Å². The van der Waals surface area contributed by atoms with Gasteiger partial charge in [0.1, 0.15) is 5.25 Å². The molecule has 1 aromatic heterocycles. The highest BCUT2D eigenvalue weighted by atomic mass is 79.9. The number of carbonyl (C=O) groups excluding carboxylic acids is 2. The lowest BCUT2D eigenvalue weighted by Crippen LogP contribution is -2.33. The zero-order valence-corrected chi connectivity index (χ0v) is 19.1. The summed E-state index contributed by atoms with van der Waals surface area (Å²) in [7, 11) is 0. The van der Waals surface area contributed by atoms with Crippen LogP contribution in [0, 0.1) is 5.92 Å². The molecule has 32 heavy (non-hydrogen) atoms. The standard InChI is InChI=1S/C21H12BrF3N2O3S2/c22-10-5-3-4-9(8-10)13-14-16(31-17-15(13)32-20(30)26-17)19(29)27(18(14)28)12-7-2-1-6-11(12)21(23,24)25/h1-8,13-14,16H,(H,26,30)/t13-,14?,16?/m1/s1. The van der Waals surface area contributed by atoms with E-state index < -0.39 is 46.3 Å². The van der Waals surface area contributed by atoms with E-state index in [0.29, 0.717) is 20.4 Å². The Hall–Kier alpha value is -2.37. The Bertz CT molecular complexity index is 1320. The predicted molar refractivity (Wildman–Crippen MR) is 118 cm³/mol. The Labute approximate surface area is 195 Å². The van der Waals surface area contributed by atoms with Gasteiger partial charge in [-0.25, -0.2) is 4.90 Å². The number of benzene rings is 2. The fourth-order valence-electron chi connectivity index (χ4n) is 4.22. The number of halogens is 4. The fraction of sp³-hybridized carbons (Fsp3) is 0.190. The summed E-state index contributed by atoms with van der Waals surface area (Å²) >= 11 is 5.37. The summed E-state index contributed by atoms with van der Waals surface area (Å²) in [6.45, 7) is 0. The molecule has 1 N–H and O–H groups in total. The number of hydrogen-bond acceptors (Lipinski definition) is 5. The average molecular weight is 541 g/mol.